The highest BCUT2D eigenvalue weighted by Gasteiger charge is 2.28. The first-order valence-electron chi connectivity index (χ1n) is 10.9. The van der Waals surface area contributed by atoms with Gasteiger partial charge < -0.3 is 15.2 Å². The molecule has 3 N–H and O–H groups in total. The lowest BCUT2D eigenvalue weighted by Crippen LogP contribution is -2.29. The molecule has 0 aromatic heterocycles. The van der Waals surface area contributed by atoms with Crippen molar-refractivity contribution in [2.75, 3.05) is 4.31 Å². The van der Waals surface area contributed by atoms with Gasteiger partial charge in [-0.3, -0.25) is 4.79 Å². The molecule has 1 amide bonds. The van der Waals surface area contributed by atoms with Crippen molar-refractivity contribution < 1.29 is 27.4 Å². The number of amidine groups is 1. The molecule has 0 bridgehead atoms. The summed E-state index contributed by atoms with van der Waals surface area (Å²) in [6.07, 6.45) is 2.80. The quantitative estimate of drug-likeness (QED) is 0.403. The van der Waals surface area contributed by atoms with E-state index >= 15 is 0 Å². The number of benzene rings is 3. The van der Waals surface area contributed by atoms with Gasteiger partial charge in [-0.2, -0.15) is 8.42 Å². The zero-order valence-corrected chi connectivity index (χ0v) is 20.6. The van der Waals surface area contributed by atoms with Crippen LogP contribution in [0, 0.1) is 5.82 Å². The molecule has 0 atom stereocenters. The van der Waals surface area contributed by atoms with Crippen molar-refractivity contribution in [2.45, 2.75) is 6.61 Å². The van der Waals surface area contributed by atoms with Crippen LogP contribution in [-0.4, -0.2) is 24.6 Å². The summed E-state index contributed by atoms with van der Waals surface area (Å²) in [5.74, 6) is -0.412. The molecule has 2 heterocycles. The molecule has 188 valence electrons. The minimum Gasteiger partial charge on any atom is -0.493 e. The molecule has 3 aromatic rings. The van der Waals surface area contributed by atoms with E-state index in [1.165, 1.54) is 36.0 Å². The van der Waals surface area contributed by atoms with E-state index in [9.17, 15) is 22.7 Å². The molecule has 1 saturated heterocycles. The van der Waals surface area contributed by atoms with Gasteiger partial charge >= 0.3 is 10.2 Å². The van der Waals surface area contributed by atoms with Gasteiger partial charge in [-0.05, 0) is 77.5 Å². The number of anilines is 1. The number of aliphatic hydroxyl groups is 1. The SMILES string of the molecule is O=C1NC(=Nc2ccc(N3C=C(O)NS3(=O)=O)cc2)SC1=Cc1ccc(OCc2ccc(F)cc2)cc1. The topological polar surface area (TPSA) is 120 Å². The van der Waals surface area contributed by atoms with Gasteiger partial charge in [-0.1, -0.05) is 24.3 Å². The summed E-state index contributed by atoms with van der Waals surface area (Å²) in [6, 6.07) is 19.6. The Bertz CT molecular complexity index is 1540. The van der Waals surface area contributed by atoms with Gasteiger partial charge in [0.1, 0.15) is 18.2 Å². The lowest BCUT2D eigenvalue weighted by atomic mass is 10.2. The molecule has 0 unspecified atom stereocenters. The van der Waals surface area contributed by atoms with E-state index in [1.807, 2.05) is 16.9 Å². The van der Waals surface area contributed by atoms with Crippen LogP contribution in [0.2, 0.25) is 0 Å². The number of aliphatic imine (C=N–C) groups is 1. The standard InChI is InChI=1S/C25H19FN4O5S2/c26-18-5-1-17(2-6-18)15-35-21-11-3-16(4-12-21)13-22-24(32)28-25(36-22)27-19-7-9-20(10-8-19)30-14-23(31)29-37(30,33)34/h1-14,29,31H,15H2,(H,27,28,32). The van der Waals surface area contributed by atoms with Crippen LogP contribution < -0.4 is 19.1 Å². The maximum atomic E-state index is 13.0. The van der Waals surface area contributed by atoms with Crippen LogP contribution in [0.5, 0.6) is 5.75 Å². The van der Waals surface area contributed by atoms with Crippen LogP contribution in [0.4, 0.5) is 15.8 Å². The van der Waals surface area contributed by atoms with Crippen molar-refractivity contribution in [1.29, 1.82) is 0 Å². The van der Waals surface area contributed by atoms with Gasteiger partial charge in [0.05, 0.1) is 22.5 Å². The zero-order valence-electron chi connectivity index (χ0n) is 19.0. The molecule has 0 saturated carbocycles. The highest BCUT2D eigenvalue weighted by Crippen LogP contribution is 2.30. The fraction of sp³-hybridized carbons (Fsp3) is 0.0400. The Morgan fingerprint density at radius 3 is 2.38 bits per heavy atom. The minimum atomic E-state index is -3.87. The van der Waals surface area contributed by atoms with Crippen molar-refractivity contribution in [3.8, 4) is 5.75 Å². The maximum absolute atomic E-state index is 13.0. The number of amides is 1. The Balaban J connectivity index is 1.22. The van der Waals surface area contributed by atoms with Crippen LogP contribution in [0.25, 0.3) is 6.08 Å². The van der Waals surface area contributed by atoms with Gasteiger partial charge in [0, 0.05) is 0 Å². The number of carbonyl (C=O) groups excluding carboxylic acids is 1. The van der Waals surface area contributed by atoms with E-state index in [4.69, 9.17) is 4.74 Å². The normalized spacial score (nSPS) is 18.6. The van der Waals surface area contributed by atoms with E-state index in [0.717, 1.165) is 21.6 Å². The second-order valence-electron chi connectivity index (χ2n) is 7.90. The maximum Gasteiger partial charge on any atom is 0.330 e. The molecular weight excluding hydrogens is 519 g/mol. The van der Waals surface area contributed by atoms with Gasteiger partial charge in [0.15, 0.2) is 5.17 Å². The second-order valence-corrected chi connectivity index (χ2v) is 10.5. The summed E-state index contributed by atoms with van der Waals surface area (Å²) >= 11 is 1.18. The predicted octanol–water partition coefficient (Wildman–Crippen LogP) is 4.31. The largest absolute Gasteiger partial charge is 0.493 e. The summed E-state index contributed by atoms with van der Waals surface area (Å²) in [4.78, 5) is 17.3. The smallest absolute Gasteiger partial charge is 0.330 e. The Hall–Kier alpha value is -4.29. The molecule has 0 radical (unpaired) electrons. The summed E-state index contributed by atoms with van der Waals surface area (Å²) in [5.41, 5.74) is 2.47. The van der Waals surface area contributed by atoms with Crippen molar-refractivity contribution in [1.82, 2.24) is 10.0 Å². The molecule has 3 aromatic carbocycles. The van der Waals surface area contributed by atoms with Crippen LogP contribution >= 0.6 is 11.8 Å². The fourth-order valence-electron chi connectivity index (χ4n) is 3.43. The van der Waals surface area contributed by atoms with Crippen molar-refractivity contribution >= 4 is 50.5 Å². The third-order valence-corrected chi connectivity index (χ3v) is 7.43. The number of thioether (sulfide) groups is 1. The molecule has 9 nitrogen and oxygen atoms in total. The first-order valence-corrected chi connectivity index (χ1v) is 13.1. The molecule has 2 aliphatic heterocycles. The van der Waals surface area contributed by atoms with E-state index in [1.54, 1.807) is 42.5 Å². The van der Waals surface area contributed by atoms with Crippen LogP contribution in [-0.2, 0) is 21.6 Å². The summed E-state index contributed by atoms with van der Waals surface area (Å²) in [6.45, 7) is 0.309. The number of nitrogens with zero attached hydrogens (tertiary/aromatic N) is 2. The average Bonchev–Trinajstić information content (AvgIpc) is 3.36. The highest BCUT2D eigenvalue weighted by molar-refractivity contribution is 8.18. The van der Waals surface area contributed by atoms with Gasteiger partial charge in [0.2, 0.25) is 5.88 Å². The number of hydrogen-bond acceptors (Lipinski definition) is 7. The molecule has 12 heteroatoms. The van der Waals surface area contributed by atoms with Crippen molar-refractivity contribution in [2.24, 2.45) is 4.99 Å². The molecule has 1 fully saturated rings. The third kappa shape index (κ3) is 5.76. The van der Waals surface area contributed by atoms with E-state index in [2.05, 4.69) is 10.3 Å². The van der Waals surface area contributed by atoms with Gasteiger partial charge in [-0.15, -0.1) is 0 Å². The molecule has 5 rings (SSSR count). The average molecular weight is 539 g/mol. The van der Waals surface area contributed by atoms with Gasteiger partial charge in [0.25, 0.3) is 5.91 Å². The first-order chi connectivity index (χ1) is 17.7. The lowest BCUT2D eigenvalue weighted by Gasteiger charge is -2.13. The Morgan fingerprint density at radius 1 is 1.03 bits per heavy atom. The van der Waals surface area contributed by atoms with Crippen LogP contribution in [0.15, 0.2) is 94.8 Å². The highest BCUT2D eigenvalue weighted by atomic mass is 32.2. The minimum absolute atomic E-state index is 0.285. The zero-order chi connectivity index (χ0) is 26.0. The lowest BCUT2D eigenvalue weighted by molar-refractivity contribution is -0.115. The summed E-state index contributed by atoms with van der Waals surface area (Å²) in [5, 5.41) is 12.5. The molecular formula is C25H19FN4O5S2. The first kappa shape index (κ1) is 24.4. The van der Waals surface area contributed by atoms with E-state index in [0.29, 0.717) is 33.8 Å². The molecule has 0 spiro atoms. The van der Waals surface area contributed by atoms with Gasteiger partial charge in [-0.25, -0.2) is 18.4 Å². The Kier molecular flexibility index (Phi) is 6.59. The fourth-order valence-corrected chi connectivity index (χ4v) is 5.33. The third-order valence-electron chi connectivity index (χ3n) is 5.21. The van der Waals surface area contributed by atoms with Crippen LogP contribution in [0.1, 0.15) is 11.1 Å². The second kappa shape index (κ2) is 9.99. The summed E-state index contributed by atoms with van der Waals surface area (Å²) < 4.78 is 45.6. The Morgan fingerprint density at radius 2 is 1.73 bits per heavy atom. The number of ether oxygens (including phenoxy) is 1. The van der Waals surface area contributed by atoms with Crippen molar-refractivity contribution in [3.63, 3.8) is 0 Å². The van der Waals surface area contributed by atoms with Crippen molar-refractivity contribution in [3.05, 3.63) is 107 Å². The number of aliphatic hydroxyl groups excluding tert-OH is 1. The number of hydrogen-bond donors (Lipinski definition) is 3. The number of rotatable bonds is 6. The monoisotopic (exact) mass is 538 g/mol. The molecule has 37 heavy (non-hydrogen) atoms. The van der Waals surface area contributed by atoms with Crippen LogP contribution in [0.3, 0.4) is 0 Å². The Labute approximate surface area is 216 Å². The van der Waals surface area contributed by atoms with E-state index < -0.39 is 16.1 Å². The molecule has 0 aliphatic carbocycles. The molecule has 2 aliphatic rings. The van der Waals surface area contributed by atoms with E-state index in [-0.39, 0.29) is 11.7 Å². The number of nitrogens with one attached hydrogen (secondary N) is 2. The predicted molar refractivity (Wildman–Crippen MR) is 140 cm³/mol. The number of halogens is 1. The number of carbonyl (C=O) groups is 1. The summed E-state index contributed by atoms with van der Waals surface area (Å²) in [7, 11) is -3.87.